The molecule has 1 heterocycles. The highest BCUT2D eigenvalue weighted by atomic mass is 15.1. The molecule has 1 aromatic carbocycles. The molecule has 2 nitrogen and oxygen atoms in total. The lowest BCUT2D eigenvalue weighted by Crippen LogP contribution is -2.35. The number of benzene rings is 1. The molecule has 0 unspecified atom stereocenters. The van der Waals surface area contributed by atoms with E-state index in [2.05, 4.69) is 43.9 Å². The molecule has 0 aliphatic carbocycles. The first-order valence-electron chi connectivity index (χ1n) is 6.59. The minimum atomic E-state index is -0.137. The van der Waals surface area contributed by atoms with E-state index in [1.807, 2.05) is 0 Å². The van der Waals surface area contributed by atoms with Crippen LogP contribution in [0.1, 0.15) is 37.8 Å². The van der Waals surface area contributed by atoms with Crippen molar-refractivity contribution in [3.05, 3.63) is 29.3 Å². The average Bonchev–Trinajstić information content (AvgIpc) is 2.68. The van der Waals surface area contributed by atoms with Gasteiger partial charge in [-0.3, -0.25) is 0 Å². The Kier molecular flexibility index (Phi) is 3.43. The molecule has 94 valence electrons. The molecule has 0 saturated carbocycles. The Labute approximate surface area is 105 Å². The van der Waals surface area contributed by atoms with Crippen LogP contribution in [0, 0.1) is 6.92 Å². The van der Waals surface area contributed by atoms with E-state index < -0.39 is 0 Å². The normalized spacial score (nSPS) is 16.6. The van der Waals surface area contributed by atoms with Gasteiger partial charge < -0.3 is 10.6 Å². The zero-order valence-corrected chi connectivity index (χ0v) is 11.3. The van der Waals surface area contributed by atoms with Crippen LogP contribution in [0.3, 0.4) is 0 Å². The van der Waals surface area contributed by atoms with Crippen LogP contribution in [-0.4, -0.2) is 18.6 Å². The number of nitrogens with two attached hydrogens (primary N) is 1. The fourth-order valence-electron chi connectivity index (χ4n) is 2.61. The van der Waals surface area contributed by atoms with E-state index in [9.17, 15) is 0 Å². The first kappa shape index (κ1) is 12.4. The van der Waals surface area contributed by atoms with Crippen molar-refractivity contribution in [1.29, 1.82) is 0 Å². The third kappa shape index (κ3) is 3.22. The van der Waals surface area contributed by atoms with Crippen LogP contribution in [0.2, 0.25) is 0 Å². The molecule has 1 aromatic rings. The Bertz CT molecular complexity index is 384. The minimum Gasteiger partial charge on any atom is -0.371 e. The first-order valence-corrected chi connectivity index (χ1v) is 6.59. The monoisotopic (exact) mass is 232 g/mol. The van der Waals surface area contributed by atoms with E-state index in [1.165, 1.54) is 42.7 Å². The van der Waals surface area contributed by atoms with Gasteiger partial charge in [0.1, 0.15) is 0 Å². The third-order valence-electron chi connectivity index (χ3n) is 3.33. The molecule has 0 bridgehead atoms. The van der Waals surface area contributed by atoms with Crippen LogP contribution in [0.25, 0.3) is 0 Å². The van der Waals surface area contributed by atoms with Gasteiger partial charge in [-0.25, -0.2) is 0 Å². The number of hydrogen-bond acceptors (Lipinski definition) is 2. The molecule has 1 saturated heterocycles. The van der Waals surface area contributed by atoms with Crippen molar-refractivity contribution >= 4 is 5.69 Å². The maximum atomic E-state index is 6.17. The molecule has 0 radical (unpaired) electrons. The molecule has 0 atom stereocenters. The maximum absolute atomic E-state index is 6.17. The van der Waals surface area contributed by atoms with Gasteiger partial charge in [0, 0.05) is 24.3 Å². The topological polar surface area (TPSA) is 29.3 Å². The number of nitrogens with zero attached hydrogens (tertiary/aromatic N) is 1. The Morgan fingerprint density at radius 2 is 1.88 bits per heavy atom. The number of rotatable bonds is 3. The van der Waals surface area contributed by atoms with Crippen LogP contribution in [0.4, 0.5) is 5.69 Å². The summed E-state index contributed by atoms with van der Waals surface area (Å²) in [6.07, 6.45) is 3.58. The van der Waals surface area contributed by atoms with Crippen molar-refractivity contribution in [2.75, 3.05) is 18.0 Å². The van der Waals surface area contributed by atoms with Crippen LogP contribution in [0.5, 0.6) is 0 Å². The lowest BCUT2D eigenvalue weighted by Gasteiger charge is -2.26. The van der Waals surface area contributed by atoms with Crippen molar-refractivity contribution < 1.29 is 0 Å². The summed E-state index contributed by atoms with van der Waals surface area (Å²) >= 11 is 0. The van der Waals surface area contributed by atoms with Crippen LogP contribution < -0.4 is 10.6 Å². The summed E-state index contributed by atoms with van der Waals surface area (Å²) in [5, 5.41) is 0. The smallest absolute Gasteiger partial charge is 0.0399 e. The fourth-order valence-corrected chi connectivity index (χ4v) is 2.61. The van der Waals surface area contributed by atoms with E-state index in [0.717, 1.165) is 6.42 Å². The molecule has 1 aliphatic heterocycles. The van der Waals surface area contributed by atoms with Gasteiger partial charge >= 0.3 is 0 Å². The Morgan fingerprint density at radius 1 is 1.24 bits per heavy atom. The van der Waals surface area contributed by atoms with Gasteiger partial charge in [0.25, 0.3) is 0 Å². The van der Waals surface area contributed by atoms with Gasteiger partial charge in [-0.15, -0.1) is 0 Å². The quantitative estimate of drug-likeness (QED) is 0.868. The molecule has 2 rings (SSSR count). The summed E-state index contributed by atoms with van der Waals surface area (Å²) in [6.45, 7) is 8.75. The van der Waals surface area contributed by atoms with Crippen LogP contribution in [-0.2, 0) is 6.42 Å². The molecular formula is C15H24N2. The largest absolute Gasteiger partial charge is 0.371 e. The van der Waals surface area contributed by atoms with E-state index >= 15 is 0 Å². The van der Waals surface area contributed by atoms with Gasteiger partial charge in [0.15, 0.2) is 0 Å². The molecule has 0 spiro atoms. The zero-order valence-electron chi connectivity index (χ0n) is 11.3. The minimum absolute atomic E-state index is 0.137. The predicted octanol–water partition coefficient (Wildman–Crippen LogP) is 2.88. The van der Waals surface area contributed by atoms with E-state index in [4.69, 9.17) is 5.73 Å². The van der Waals surface area contributed by atoms with Gasteiger partial charge in [-0.2, -0.15) is 0 Å². The maximum Gasteiger partial charge on any atom is 0.0399 e. The second-order valence-corrected chi connectivity index (χ2v) is 5.99. The van der Waals surface area contributed by atoms with Crippen molar-refractivity contribution in [1.82, 2.24) is 0 Å². The average molecular weight is 232 g/mol. The highest BCUT2D eigenvalue weighted by Crippen LogP contribution is 2.27. The number of aryl methyl sites for hydroxylation is 1. The number of hydrogen-bond donors (Lipinski definition) is 1. The summed E-state index contributed by atoms with van der Waals surface area (Å²) in [4.78, 5) is 2.50. The van der Waals surface area contributed by atoms with Gasteiger partial charge in [-0.05, 0) is 51.7 Å². The Balaban J connectivity index is 2.30. The highest BCUT2D eigenvalue weighted by Gasteiger charge is 2.19. The van der Waals surface area contributed by atoms with E-state index in [1.54, 1.807) is 0 Å². The highest BCUT2D eigenvalue weighted by molar-refractivity contribution is 5.56. The second kappa shape index (κ2) is 4.69. The summed E-state index contributed by atoms with van der Waals surface area (Å²) in [6, 6.07) is 6.77. The first-order chi connectivity index (χ1) is 7.96. The van der Waals surface area contributed by atoms with Gasteiger partial charge in [0.2, 0.25) is 0 Å². The predicted molar refractivity (Wildman–Crippen MR) is 74.6 cm³/mol. The number of anilines is 1. The van der Waals surface area contributed by atoms with Crippen LogP contribution >= 0.6 is 0 Å². The van der Waals surface area contributed by atoms with E-state index in [0.29, 0.717) is 0 Å². The molecule has 0 aromatic heterocycles. The lowest BCUT2D eigenvalue weighted by molar-refractivity contribution is 0.516. The fraction of sp³-hybridized carbons (Fsp3) is 0.600. The Hall–Kier alpha value is -1.02. The Morgan fingerprint density at radius 3 is 2.47 bits per heavy atom. The van der Waals surface area contributed by atoms with Crippen molar-refractivity contribution in [2.24, 2.45) is 5.73 Å². The van der Waals surface area contributed by atoms with Crippen LogP contribution in [0.15, 0.2) is 18.2 Å². The standard InChI is InChI=1S/C15H24N2/c1-12-6-7-14(17-8-4-5-9-17)13(10-12)11-15(2,3)16/h6-7,10H,4-5,8-9,11,16H2,1-3H3. The van der Waals surface area contributed by atoms with E-state index in [-0.39, 0.29) is 5.54 Å². The van der Waals surface area contributed by atoms with Gasteiger partial charge in [-0.1, -0.05) is 17.7 Å². The molecule has 1 fully saturated rings. The molecule has 1 aliphatic rings. The second-order valence-electron chi connectivity index (χ2n) is 5.99. The molecule has 2 heteroatoms. The van der Waals surface area contributed by atoms with Crippen molar-refractivity contribution in [3.8, 4) is 0 Å². The summed E-state index contributed by atoms with van der Waals surface area (Å²) in [5.74, 6) is 0. The molecule has 2 N–H and O–H groups in total. The third-order valence-corrected chi connectivity index (χ3v) is 3.33. The van der Waals surface area contributed by atoms with Gasteiger partial charge in [0.05, 0.1) is 0 Å². The van der Waals surface area contributed by atoms with Crippen molar-refractivity contribution in [3.63, 3.8) is 0 Å². The molecule has 0 amide bonds. The molecular weight excluding hydrogens is 208 g/mol. The zero-order chi connectivity index (χ0) is 12.5. The lowest BCUT2D eigenvalue weighted by atomic mass is 9.93. The summed E-state index contributed by atoms with van der Waals surface area (Å²) in [5.41, 5.74) is 10.2. The van der Waals surface area contributed by atoms with Crippen molar-refractivity contribution in [2.45, 2.75) is 45.6 Å². The summed E-state index contributed by atoms with van der Waals surface area (Å²) in [7, 11) is 0. The SMILES string of the molecule is Cc1ccc(N2CCCC2)c(CC(C)(C)N)c1. The summed E-state index contributed by atoms with van der Waals surface area (Å²) < 4.78 is 0. The molecule has 17 heavy (non-hydrogen) atoms.